The molecule has 0 spiro atoms. The van der Waals surface area contributed by atoms with Gasteiger partial charge in [-0.05, 0) is 26.8 Å². The number of benzene rings is 1. The third-order valence-corrected chi connectivity index (χ3v) is 3.36. The fourth-order valence-electron chi connectivity index (χ4n) is 2.17. The Labute approximate surface area is 113 Å². The molecule has 0 saturated carbocycles. The van der Waals surface area contributed by atoms with Crippen LogP contribution in [0.3, 0.4) is 0 Å². The van der Waals surface area contributed by atoms with E-state index < -0.39 is 5.41 Å². The van der Waals surface area contributed by atoms with Gasteiger partial charge in [0, 0.05) is 18.0 Å². The zero-order chi connectivity index (χ0) is 14.0. The molecule has 1 heterocycles. The van der Waals surface area contributed by atoms with Crippen LogP contribution < -0.4 is 4.74 Å². The first kappa shape index (κ1) is 13.3. The largest absolute Gasteiger partial charge is 0.496 e. The van der Waals surface area contributed by atoms with Gasteiger partial charge in [0.2, 0.25) is 5.91 Å². The number of aromatic nitrogens is 2. The van der Waals surface area contributed by atoms with Crippen LogP contribution in [-0.4, -0.2) is 22.6 Å². The van der Waals surface area contributed by atoms with Gasteiger partial charge in [0.05, 0.1) is 12.5 Å². The summed E-state index contributed by atoms with van der Waals surface area (Å²) < 4.78 is 6.93. The lowest BCUT2D eigenvalue weighted by atomic mass is 9.83. The maximum Gasteiger partial charge on any atom is 0.242 e. The minimum atomic E-state index is -0.682. The lowest BCUT2D eigenvalue weighted by Crippen LogP contribution is -2.34. The van der Waals surface area contributed by atoms with Crippen molar-refractivity contribution >= 4 is 5.91 Å². The molecule has 0 unspecified atom stereocenters. The van der Waals surface area contributed by atoms with Crippen molar-refractivity contribution in [3.8, 4) is 5.75 Å². The molecule has 2 rings (SSSR count). The smallest absolute Gasteiger partial charge is 0.242 e. The second-order valence-electron chi connectivity index (χ2n) is 4.97. The lowest BCUT2D eigenvalue weighted by Gasteiger charge is -2.26. The average Bonchev–Trinajstić information content (AvgIpc) is 2.83. The van der Waals surface area contributed by atoms with Gasteiger partial charge in [0.1, 0.15) is 11.6 Å². The van der Waals surface area contributed by atoms with E-state index in [4.69, 9.17) is 4.74 Å². The molecule has 19 heavy (non-hydrogen) atoms. The van der Waals surface area contributed by atoms with E-state index in [9.17, 15) is 4.79 Å². The van der Waals surface area contributed by atoms with Crippen molar-refractivity contribution in [2.75, 3.05) is 7.11 Å². The molecular formula is C15H18N2O2. The Bertz CT molecular complexity index is 600. The highest BCUT2D eigenvalue weighted by Gasteiger charge is 2.34. The van der Waals surface area contributed by atoms with Crippen LogP contribution in [0.15, 0.2) is 36.7 Å². The van der Waals surface area contributed by atoms with Crippen molar-refractivity contribution in [3.63, 3.8) is 0 Å². The zero-order valence-electron chi connectivity index (χ0n) is 11.7. The SMILES string of the molecule is COc1ccccc1C(C)(C)C(=O)n1ccnc1C. The Kier molecular flexibility index (Phi) is 3.42. The van der Waals surface area contributed by atoms with Gasteiger partial charge in [-0.15, -0.1) is 0 Å². The van der Waals surface area contributed by atoms with Gasteiger partial charge < -0.3 is 4.74 Å². The van der Waals surface area contributed by atoms with Crippen molar-refractivity contribution in [1.82, 2.24) is 9.55 Å². The lowest BCUT2D eigenvalue weighted by molar-refractivity contribution is 0.0816. The predicted molar refractivity (Wildman–Crippen MR) is 73.6 cm³/mol. The molecule has 1 aromatic carbocycles. The van der Waals surface area contributed by atoms with E-state index >= 15 is 0 Å². The fourth-order valence-corrected chi connectivity index (χ4v) is 2.17. The van der Waals surface area contributed by atoms with E-state index in [1.807, 2.05) is 45.0 Å². The summed E-state index contributed by atoms with van der Waals surface area (Å²) in [6, 6.07) is 7.59. The number of nitrogens with zero attached hydrogens (tertiary/aromatic N) is 2. The molecule has 100 valence electrons. The minimum absolute atomic E-state index is 0.0213. The molecule has 4 heteroatoms. The number of aryl methyl sites for hydroxylation is 1. The summed E-state index contributed by atoms with van der Waals surface area (Å²) in [5.74, 6) is 1.39. The third-order valence-electron chi connectivity index (χ3n) is 3.36. The second-order valence-corrected chi connectivity index (χ2v) is 4.97. The first-order valence-corrected chi connectivity index (χ1v) is 6.16. The van der Waals surface area contributed by atoms with Gasteiger partial charge in [0.15, 0.2) is 0 Å². The van der Waals surface area contributed by atoms with Crippen LogP contribution in [0.5, 0.6) is 5.75 Å². The Balaban J connectivity index is 2.48. The molecular weight excluding hydrogens is 240 g/mol. The number of carbonyl (C=O) groups excluding carboxylic acids is 1. The van der Waals surface area contributed by atoms with Gasteiger partial charge in [-0.2, -0.15) is 0 Å². The molecule has 2 aromatic rings. The number of methoxy groups -OCH3 is 1. The predicted octanol–water partition coefficient (Wildman–Crippen LogP) is 2.82. The van der Waals surface area contributed by atoms with Crippen LogP contribution in [-0.2, 0) is 5.41 Å². The molecule has 0 saturated heterocycles. The standard InChI is InChI=1S/C15H18N2O2/c1-11-16-9-10-17(11)14(18)15(2,3)12-7-5-6-8-13(12)19-4/h5-10H,1-4H3. The molecule has 0 aliphatic heterocycles. The van der Waals surface area contributed by atoms with E-state index in [1.165, 1.54) is 0 Å². The highest BCUT2D eigenvalue weighted by molar-refractivity contribution is 5.90. The summed E-state index contributed by atoms with van der Waals surface area (Å²) in [6.45, 7) is 5.61. The summed E-state index contributed by atoms with van der Waals surface area (Å²) >= 11 is 0. The topological polar surface area (TPSA) is 44.1 Å². The number of hydrogen-bond donors (Lipinski definition) is 0. The van der Waals surface area contributed by atoms with Crippen LogP contribution in [0, 0.1) is 6.92 Å². The molecule has 0 radical (unpaired) electrons. The quantitative estimate of drug-likeness (QED) is 0.850. The Morgan fingerprint density at radius 2 is 2.00 bits per heavy atom. The maximum atomic E-state index is 12.7. The molecule has 0 atom stereocenters. The molecule has 0 bridgehead atoms. The van der Waals surface area contributed by atoms with Gasteiger partial charge in [-0.1, -0.05) is 18.2 Å². The van der Waals surface area contributed by atoms with E-state index in [2.05, 4.69) is 4.98 Å². The third kappa shape index (κ3) is 2.26. The van der Waals surface area contributed by atoms with Crippen LogP contribution >= 0.6 is 0 Å². The Morgan fingerprint density at radius 3 is 2.58 bits per heavy atom. The van der Waals surface area contributed by atoms with Crippen LogP contribution in [0.1, 0.15) is 30.0 Å². The van der Waals surface area contributed by atoms with Crippen molar-refractivity contribution in [1.29, 1.82) is 0 Å². The van der Waals surface area contributed by atoms with Crippen molar-refractivity contribution < 1.29 is 9.53 Å². The Hall–Kier alpha value is -2.10. The average molecular weight is 258 g/mol. The maximum absolute atomic E-state index is 12.7. The van der Waals surface area contributed by atoms with Crippen molar-refractivity contribution in [3.05, 3.63) is 48.0 Å². The number of hydrogen-bond acceptors (Lipinski definition) is 3. The second kappa shape index (κ2) is 4.88. The summed E-state index contributed by atoms with van der Waals surface area (Å²) in [7, 11) is 1.61. The number of rotatable bonds is 3. The number of para-hydroxylation sites is 1. The molecule has 0 N–H and O–H groups in total. The van der Waals surface area contributed by atoms with Crippen molar-refractivity contribution in [2.45, 2.75) is 26.2 Å². The van der Waals surface area contributed by atoms with Crippen molar-refractivity contribution in [2.24, 2.45) is 0 Å². The number of carbonyl (C=O) groups is 1. The monoisotopic (exact) mass is 258 g/mol. The zero-order valence-corrected chi connectivity index (χ0v) is 11.7. The normalized spacial score (nSPS) is 11.4. The fraction of sp³-hybridized carbons (Fsp3) is 0.333. The minimum Gasteiger partial charge on any atom is -0.496 e. The molecule has 0 amide bonds. The van der Waals surface area contributed by atoms with E-state index in [0.29, 0.717) is 5.82 Å². The summed E-state index contributed by atoms with van der Waals surface area (Å²) in [4.78, 5) is 16.8. The number of ether oxygens (including phenoxy) is 1. The highest BCUT2D eigenvalue weighted by Crippen LogP contribution is 2.32. The summed E-state index contributed by atoms with van der Waals surface area (Å²) in [5.41, 5.74) is 0.188. The molecule has 1 aromatic heterocycles. The number of imidazole rings is 1. The first-order chi connectivity index (χ1) is 8.98. The van der Waals surface area contributed by atoms with E-state index in [1.54, 1.807) is 24.1 Å². The molecule has 0 aliphatic carbocycles. The Morgan fingerprint density at radius 1 is 1.32 bits per heavy atom. The van der Waals surface area contributed by atoms with E-state index in [0.717, 1.165) is 11.3 Å². The summed E-state index contributed by atoms with van der Waals surface area (Å²) in [5, 5.41) is 0. The molecule has 4 nitrogen and oxygen atoms in total. The summed E-state index contributed by atoms with van der Waals surface area (Å²) in [6.07, 6.45) is 3.32. The van der Waals surface area contributed by atoms with Crippen LogP contribution in [0.2, 0.25) is 0 Å². The van der Waals surface area contributed by atoms with Crippen LogP contribution in [0.4, 0.5) is 0 Å². The highest BCUT2D eigenvalue weighted by atomic mass is 16.5. The van der Waals surface area contributed by atoms with Gasteiger partial charge >= 0.3 is 0 Å². The van der Waals surface area contributed by atoms with Gasteiger partial charge in [-0.3, -0.25) is 9.36 Å². The van der Waals surface area contributed by atoms with Gasteiger partial charge in [-0.25, -0.2) is 4.98 Å². The molecule has 0 fully saturated rings. The van der Waals surface area contributed by atoms with E-state index in [-0.39, 0.29) is 5.91 Å². The van der Waals surface area contributed by atoms with Gasteiger partial charge in [0.25, 0.3) is 0 Å². The van der Waals surface area contributed by atoms with Crippen LogP contribution in [0.25, 0.3) is 0 Å². The molecule has 0 aliphatic rings. The first-order valence-electron chi connectivity index (χ1n) is 6.16.